The van der Waals surface area contributed by atoms with E-state index in [4.69, 9.17) is 9.15 Å². The lowest BCUT2D eigenvalue weighted by Crippen LogP contribution is -2.09. The number of furan rings is 1. The number of fused-ring (bicyclic) bond motifs is 1. The van der Waals surface area contributed by atoms with Crippen LogP contribution in [0.4, 0.5) is 5.69 Å². The Labute approximate surface area is 207 Å². The number of rotatable bonds is 6. The van der Waals surface area contributed by atoms with Crippen molar-refractivity contribution in [1.82, 2.24) is 19.8 Å². The molecule has 8 nitrogen and oxygen atoms in total. The molecule has 3 aromatic heterocycles. The van der Waals surface area contributed by atoms with Crippen molar-refractivity contribution in [3.05, 3.63) is 76.7 Å². The molecule has 0 aliphatic heterocycles. The molecule has 5 rings (SSSR count). The zero-order chi connectivity index (χ0) is 23.7. The van der Waals surface area contributed by atoms with E-state index in [9.17, 15) is 4.79 Å². The number of carbonyl (C=O) groups is 1. The standard InChI is InChI=1S/C24H18BrN5O3S/c1-14-27-28-24-30(14)29-23(34-24)16-5-10-21(32-2)19(13-16)26-22(31)12-9-18-8-11-20(33-18)15-3-6-17(25)7-4-15/h3-13H,1-2H3,(H,26,31)/b12-9+. The zero-order valence-corrected chi connectivity index (χ0v) is 20.6. The van der Waals surface area contributed by atoms with Gasteiger partial charge in [0, 0.05) is 21.7 Å². The van der Waals surface area contributed by atoms with Crippen LogP contribution in [-0.2, 0) is 4.79 Å². The molecule has 5 aromatic rings. The third-order valence-corrected chi connectivity index (χ3v) is 6.48. The summed E-state index contributed by atoms with van der Waals surface area (Å²) < 4.78 is 13.9. The van der Waals surface area contributed by atoms with E-state index in [0.29, 0.717) is 28.0 Å². The minimum Gasteiger partial charge on any atom is -0.495 e. The maximum absolute atomic E-state index is 12.6. The first kappa shape index (κ1) is 22.1. The van der Waals surface area contributed by atoms with Crippen LogP contribution in [-0.4, -0.2) is 32.8 Å². The summed E-state index contributed by atoms with van der Waals surface area (Å²) in [7, 11) is 1.56. The Morgan fingerprint density at radius 1 is 1.12 bits per heavy atom. The fraction of sp³-hybridized carbons (Fsp3) is 0.0833. The molecule has 0 radical (unpaired) electrons. The van der Waals surface area contributed by atoms with Crippen molar-refractivity contribution < 1.29 is 13.9 Å². The Morgan fingerprint density at radius 3 is 2.68 bits per heavy atom. The lowest BCUT2D eigenvalue weighted by Gasteiger charge is -2.10. The van der Waals surface area contributed by atoms with Crippen LogP contribution in [0.25, 0.3) is 32.9 Å². The summed E-state index contributed by atoms with van der Waals surface area (Å²) in [6.45, 7) is 1.84. The molecule has 170 valence electrons. The zero-order valence-electron chi connectivity index (χ0n) is 18.2. The van der Waals surface area contributed by atoms with Gasteiger partial charge >= 0.3 is 0 Å². The number of halogens is 1. The molecule has 0 bridgehead atoms. The Kier molecular flexibility index (Phi) is 5.99. The van der Waals surface area contributed by atoms with Gasteiger partial charge in [-0.1, -0.05) is 39.4 Å². The quantitative estimate of drug-likeness (QED) is 0.274. The van der Waals surface area contributed by atoms with Gasteiger partial charge in [-0.3, -0.25) is 4.79 Å². The fourth-order valence-electron chi connectivity index (χ4n) is 3.31. The SMILES string of the molecule is COc1ccc(-c2nn3c(C)nnc3s2)cc1NC(=O)/C=C/c1ccc(-c2ccc(Br)cc2)o1. The Balaban J connectivity index is 1.33. The number of aryl methyl sites for hydroxylation is 1. The second-order valence-corrected chi connectivity index (χ2v) is 9.17. The van der Waals surface area contributed by atoms with Gasteiger partial charge in [-0.15, -0.1) is 10.2 Å². The molecule has 1 amide bonds. The van der Waals surface area contributed by atoms with Crippen molar-refractivity contribution >= 4 is 49.9 Å². The molecule has 0 unspecified atom stereocenters. The van der Waals surface area contributed by atoms with Crippen LogP contribution in [0.3, 0.4) is 0 Å². The van der Waals surface area contributed by atoms with Gasteiger partial charge in [0.1, 0.15) is 22.3 Å². The second-order valence-electron chi connectivity index (χ2n) is 7.30. The summed E-state index contributed by atoms with van der Waals surface area (Å²) >= 11 is 4.84. The number of anilines is 1. The van der Waals surface area contributed by atoms with Gasteiger partial charge in [0.05, 0.1) is 12.8 Å². The average Bonchev–Trinajstić information content (AvgIpc) is 3.56. The fourth-order valence-corrected chi connectivity index (χ4v) is 4.46. The van der Waals surface area contributed by atoms with E-state index in [1.807, 2.05) is 55.5 Å². The van der Waals surface area contributed by atoms with E-state index < -0.39 is 0 Å². The van der Waals surface area contributed by atoms with Crippen LogP contribution in [0, 0.1) is 6.92 Å². The highest BCUT2D eigenvalue weighted by atomic mass is 79.9. The van der Waals surface area contributed by atoms with Crippen LogP contribution in [0.5, 0.6) is 5.75 Å². The molecule has 0 saturated heterocycles. The lowest BCUT2D eigenvalue weighted by atomic mass is 10.2. The molecule has 0 atom stereocenters. The summed E-state index contributed by atoms with van der Waals surface area (Å²) in [5.74, 6) is 2.24. The molecular formula is C24H18BrN5O3S. The van der Waals surface area contributed by atoms with Crippen LogP contribution in [0.2, 0.25) is 0 Å². The topological polar surface area (TPSA) is 94.5 Å². The monoisotopic (exact) mass is 535 g/mol. The van der Waals surface area contributed by atoms with Gasteiger partial charge < -0.3 is 14.5 Å². The summed E-state index contributed by atoms with van der Waals surface area (Å²) in [6.07, 6.45) is 3.04. The van der Waals surface area contributed by atoms with E-state index in [1.165, 1.54) is 17.4 Å². The summed E-state index contributed by atoms with van der Waals surface area (Å²) in [5.41, 5.74) is 2.32. The Bertz CT molecular complexity index is 1520. The third-order valence-electron chi connectivity index (χ3n) is 5.01. The second kappa shape index (κ2) is 9.24. The number of nitrogens with zero attached hydrogens (tertiary/aromatic N) is 4. The molecule has 34 heavy (non-hydrogen) atoms. The van der Waals surface area contributed by atoms with Gasteiger partial charge in [0.2, 0.25) is 10.9 Å². The van der Waals surface area contributed by atoms with Gasteiger partial charge in [0.15, 0.2) is 5.82 Å². The van der Waals surface area contributed by atoms with E-state index in [-0.39, 0.29) is 5.91 Å². The van der Waals surface area contributed by atoms with Crippen molar-refractivity contribution in [2.45, 2.75) is 6.92 Å². The first-order chi connectivity index (χ1) is 16.5. The van der Waals surface area contributed by atoms with Gasteiger partial charge in [-0.2, -0.15) is 9.61 Å². The first-order valence-electron chi connectivity index (χ1n) is 10.2. The summed E-state index contributed by atoms with van der Waals surface area (Å²) in [6, 6.07) is 17.0. The Morgan fingerprint density at radius 2 is 1.91 bits per heavy atom. The molecular weight excluding hydrogens is 518 g/mol. The number of hydrogen-bond donors (Lipinski definition) is 1. The lowest BCUT2D eigenvalue weighted by molar-refractivity contribution is -0.111. The molecule has 10 heteroatoms. The van der Waals surface area contributed by atoms with Gasteiger partial charge in [-0.25, -0.2) is 0 Å². The number of hydrogen-bond acceptors (Lipinski definition) is 7. The molecule has 0 aliphatic carbocycles. The predicted molar refractivity (Wildman–Crippen MR) is 135 cm³/mol. The maximum Gasteiger partial charge on any atom is 0.248 e. The number of nitrogens with one attached hydrogen (secondary N) is 1. The Hall–Kier alpha value is -3.76. The maximum atomic E-state index is 12.6. The average molecular weight is 536 g/mol. The highest BCUT2D eigenvalue weighted by molar-refractivity contribution is 9.10. The van der Waals surface area contributed by atoms with Crippen LogP contribution < -0.4 is 10.1 Å². The van der Waals surface area contributed by atoms with E-state index >= 15 is 0 Å². The molecule has 0 fully saturated rings. The van der Waals surface area contributed by atoms with Crippen molar-refractivity contribution in [2.75, 3.05) is 12.4 Å². The highest BCUT2D eigenvalue weighted by Crippen LogP contribution is 2.33. The first-order valence-corrected chi connectivity index (χ1v) is 11.8. The highest BCUT2D eigenvalue weighted by Gasteiger charge is 2.14. The number of amides is 1. The summed E-state index contributed by atoms with van der Waals surface area (Å²) in [5, 5.41) is 16.3. The third kappa shape index (κ3) is 4.50. The number of methoxy groups -OCH3 is 1. The number of carbonyl (C=O) groups excluding carboxylic acids is 1. The van der Waals surface area contributed by atoms with Crippen molar-refractivity contribution in [3.8, 4) is 27.6 Å². The predicted octanol–water partition coefficient (Wildman–Crippen LogP) is 5.84. The van der Waals surface area contributed by atoms with Crippen molar-refractivity contribution in [1.29, 1.82) is 0 Å². The number of benzene rings is 2. The molecule has 0 aliphatic rings. The van der Waals surface area contributed by atoms with Crippen LogP contribution >= 0.6 is 27.3 Å². The number of aromatic nitrogens is 4. The molecule has 1 N–H and O–H groups in total. The van der Waals surface area contributed by atoms with E-state index in [1.54, 1.807) is 23.8 Å². The van der Waals surface area contributed by atoms with Crippen LogP contribution in [0.15, 0.2) is 69.6 Å². The van der Waals surface area contributed by atoms with Crippen molar-refractivity contribution in [2.24, 2.45) is 0 Å². The molecule has 0 saturated carbocycles. The smallest absolute Gasteiger partial charge is 0.248 e. The normalized spacial score (nSPS) is 11.4. The summed E-state index contributed by atoms with van der Waals surface area (Å²) in [4.78, 5) is 13.3. The van der Waals surface area contributed by atoms with Gasteiger partial charge in [0.25, 0.3) is 0 Å². The largest absolute Gasteiger partial charge is 0.495 e. The molecule has 0 spiro atoms. The minimum absolute atomic E-state index is 0.314. The molecule has 3 heterocycles. The van der Waals surface area contributed by atoms with Gasteiger partial charge in [-0.05, 0) is 55.5 Å². The minimum atomic E-state index is -0.314. The molecule has 2 aromatic carbocycles. The van der Waals surface area contributed by atoms with E-state index in [0.717, 1.165) is 26.4 Å². The van der Waals surface area contributed by atoms with Crippen molar-refractivity contribution in [3.63, 3.8) is 0 Å². The number of ether oxygens (including phenoxy) is 1. The van der Waals surface area contributed by atoms with E-state index in [2.05, 4.69) is 36.5 Å². The van der Waals surface area contributed by atoms with Crippen LogP contribution in [0.1, 0.15) is 11.6 Å².